The first-order valence-corrected chi connectivity index (χ1v) is 9.89. The number of para-hydroxylation sites is 1. The summed E-state index contributed by atoms with van der Waals surface area (Å²) < 4.78 is 21.0. The second-order valence-corrected chi connectivity index (χ2v) is 7.30. The summed E-state index contributed by atoms with van der Waals surface area (Å²) in [4.78, 5) is 3.28. The number of aromatic nitrogens is 1. The van der Waals surface area contributed by atoms with Crippen molar-refractivity contribution in [3.8, 4) is 5.75 Å². The molecule has 0 aliphatic carbocycles. The Bertz CT molecular complexity index is 929. The van der Waals surface area contributed by atoms with Gasteiger partial charge >= 0.3 is 0 Å². The Hall–Kier alpha value is -2.40. The van der Waals surface area contributed by atoms with E-state index < -0.39 is 0 Å². The van der Waals surface area contributed by atoms with Crippen molar-refractivity contribution in [2.45, 2.75) is 25.8 Å². The molecule has 4 rings (SSSR count). The SMILES string of the molecule is Fc1ccc(OCCn2cc(C(=S)N3CCCCC3)c3ccccc32)cc1. The minimum atomic E-state index is -0.255. The number of nitrogens with zero attached hydrogens (tertiary/aromatic N) is 2. The fraction of sp³-hybridized carbons (Fsp3) is 0.318. The first-order valence-electron chi connectivity index (χ1n) is 9.48. The zero-order valence-electron chi connectivity index (χ0n) is 15.2. The van der Waals surface area contributed by atoms with Crippen LogP contribution in [0.1, 0.15) is 24.8 Å². The summed E-state index contributed by atoms with van der Waals surface area (Å²) in [6.45, 7) is 3.32. The highest BCUT2D eigenvalue weighted by atomic mass is 32.1. The van der Waals surface area contributed by atoms with Crippen LogP contribution < -0.4 is 4.74 Å². The molecule has 1 aromatic heterocycles. The molecule has 3 aromatic rings. The maximum atomic E-state index is 13.0. The van der Waals surface area contributed by atoms with Crippen LogP contribution in [0.15, 0.2) is 54.7 Å². The topological polar surface area (TPSA) is 17.4 Å². The molecule has 27 heavy (non-hydrogen) atoms. The summed E-state index contributed by atoms with van der Waals surface area (Å²) >= 11 is 5.83. The van der Waals surface area contributed by atoms with Gasteiger partial charge in [0.1, 0.15) is 23.2 Å². The number of hydrogen-bond donors (Lipinski definition) is 0. The molecular weight excluding hydrogens is 359 g/mol. The molecule has 2 aromatic carbocycles. The highest BCUT2D eigenvalue weighted by molar-refractivity contribution is 7.80. The van der Waals surface area contributed by atoms with Gasteiger partial charge in [-0.25, -0.2) is 4.39 Å². The Morgan fingerprint density at radius 1 is 1.00 bits per heavy atom. The van der Waals surface area contributed by atoms with Crippen LogP contribution >= 0.6 is 12.2 Å². The monoisotopic (exact) mass is 382 g/mol. The summed E-state index contributed by atoms with van der Waals surface area (Å²) in [6, 6.07) is 14.5. The van der Waals surface area contributed by atoms with Crippen molar-refractivity contribution in [2.75, 3.05) is 19.7 Å². The van der Waals surface area contributed by atoms with E-state index in [0.29, 0.717) is 18.9 Å². The third-order valence-electron chi connectivity index (χ3n) is 5.08. The standard InChI is InChI=1S/C22H23FN2OS/c23-17-8-10-18(11-9-17)26-15-14-25-16-20(19-6-2-3-7-21(19)25)22(27)24-12-4-1-5-13-24/h2-3,6-11,16H,1,4-5,12-15H2. The molecule has 0 atom stereocenters. The van der Waals surface area contributed by atoms with E-state index >= 15 is 0 Å². The maximum Gasteiger partial charge on any atom is 0.123 e. The van der Waals surface area contributed by atoms with Crippen LogP contribution in [0.25, 0.3) is 10.9 Å². The molecule has 0 N–H and O–H groups in total. The molecule has 0 saturated carbocycles. The first-order chi connectivity index (χ1) is 13.2. The molecule has 0 amide bonds. The fourth-order valence-electron chi connectivity index (χ4n) is 3.66. The number of hydrogen-bond acceptors (Lipinski definition) is 2. The third kappa shape index (κ3) is 3.98. The summed E-state index contributed by atoms with van der Waals surface area (Å²) in [6.07, 6.45) is 5.87. The number of piperidine rings is 1. The average molecular weight is 383 g/mol. The zero-order valence-corrected chi connectivity index (χ0v) is 16.1. The highest BCUT2D eigenvalue weighted by Gasteiger charge is 2.19. The van der Waals surface area contributed by atoms with Crippen LogP contribution in [0.5, 0.6) is 5.75 Å². The summed E-state index contributed by atoms with van der Waals surface area (Å²) in [5, 5.41) is 1.19. The van der Waals surface area contributed by atoms with Crippen molar-refractivity contribution in [3.63, 3.8) is 0 Å². The Balaban J connectivity index is 1.52. The third-order valence-corrected chi connectivity index (χ3v) is 5.55. The van der Waals surface area contributed by atoms with Crippen LogP contribution in [0, 0.1) is 5.82 Å². The zero-order chi connectivity index (χ0) is 18.6. The summed E-state index contributed by atoms with van der Waals surface area (Å²) in [5.74, 6) is 0.423. The Kier molecular flexibility index (Phi) is 5.39. The quantitative estimate of drug-likeness (QED) is 0.577. The van der Waals surface area contributed by atoms with Crippen LogP contribution in [0.4, 0.5) is 4.39 Å². The lowest BCUT2D eigenvalue weighted by Gasteiger charge is -2.28. The first kappa shape index (κ1) is 18.0. The summed E-state index contributed by atoms with van der Waals surface area (Å²) in [7, 11) is 0. The largest absolute Gasteiger partial charge is 0.492 e. The van der Waals surface area contributed by atoms with Gasteiger partial charge in [0, 0.05) is 35.8 Å². The molecule has 1 fully saturated rings. The van der Waals surface area contributed by atoms with Gasteiger partial charge in [-0.2, -0.15) is 0 Å². The van der Waals surface area contributed by atoms with Crippen LogP contribution in [-0.4, -0.2) is 34.2 Å². The van der Waals surface area contributed by atoms with Crippen molar-refractivity contribution < 1.29 is 9.13 Å². The predicted molar refractivity (Wildman–Crippen MR) is 111 cm³/mol. The molecule has 1 saturated heterocycles. The van der Waals surface area contributed by atoms with E-state index in [0.717, 1.165) is 29.2 Å². The molecular formula is C22H23FN2OS. The van der Waals surface area contributed by atoms with Gasteiger partial charge in [-0.05, 0) is 49.6 Å². The van der Waals surface area contributed by atoms with Gasteiger partial charge in [0.2, 0.25) is 0 Å². The average Bonchev–Trinajstić information content (AvgIpc) is 3.08. The Morgan fingerprint density at radius 2 is 1.74 bits per heavy atom. The molecule has 140 valence electrons. The van der Waals surface area contributed by atoms with E-state index in [2.05, 4.69) is 33.9 Å². The van der Waals surface area contributed by atoms with Crippen molar-refractivity contribution >= 4 is 28.1 Å². The van der Waals surface area contributed by atoms with E-state index in [1.165, 1.54) is 36.8 Å². The molecule has 2 heterocycles. The number of rotatable bonds is 5. The highest BCUT2D eigenvalue weighted by Crippen LogP contribution is 2.25. The minimum absolute atomic E-state index is 0.255. The van der Waals surface area contributed by atoms with Gasteiger partial charge in [0.25, 0.3) is 0 Å². The van der Waals surface area contributed by atoms with E-state index in [-0.39, 0.29) is 5.82 Å². The lowest BCUT2D eigenvalue weighted by atomic mass is 10.1. The van der Waals surface area contributed by atoms with Crippen molar-refractivity contribution in [3.05, 3.63) is 66.1 Å². The number of fused-ring (bicyclic) bond motifs is 1. The number of thiocarbonyl (C=S) groups is 1. The maximum absolute atomic E-state index is 13.0. The van der Waals surface area contributed by atoms with Crippen molar-refractivity contribution in [1.29, 1.82) is 0 Å². The molecule has 5 heteroatoms. The molecule has 0 radical (unpaired) electrons. The lowest BCUT2D eigenvalue weighted by Crippen LogP contribution is -2.34. The lowest BCUT2D eigenvalue weighted by molar-refractivity contribution is 0.300. The second kappa shape index (κ2) is 8.09. The normalized spacial score (nSPS) is 14.5. The van der Waals surface area contributed by atoms with Gasteiger partial charge in [-0.3, -0.25) is 0 Å². The Labute approximate surface area is 164 Å². The van der Waals surface area contributed by atoms with E-state index in [1.54, 1.807) is 12.1 Å². The van der Waals surface area contributed by atoms with Crippen molar-refractivity contribution in [1.82, 2.24) is 9.47 Å². The molecule has 0 unspecified atom stereocenters. The number of halogens is 1. The molecule has 0 bridgehead atoms. The smallest absolute Gasteiger partial charge is 0.123 e. The van der Waals surface area contributed by atoms with E-state index in [4.69, 9.17) is 17.0 Å². The van der Waals surface area contributed by atoms with Crippen LogP contribution in [0.3, 0.4) is 0 Å². The van der Waals surface area contributed by atoms with Gasteiger partial charge in [-0.15, -0.1) is 0 Å². The van der Waals surface area contributed by atoms with Gasteiger partial charge < -0.3 is 14.2 Å². The van der Waals surface area contributed by atoms with Gasteiger partial charge in [-0.1, -0.05) is 30.4 Å². The minimum Gasteiger partial charge on any atom is -0.492 e. The predicted octanol–water partition coefficient (Wildman–Crippen LogP) is 5.02. The molecule has 1 aliphatic heterocycles. The van der Waals surface area contributed by atoms with Gasteiger partial charge in [0.05, 0.1) is 6.54 Å². The number of benzene rings is 2. The Morgan fingerprint density at radius 3 is 2.52 bits per heavy atom. The van der Waals surface area contributed by atoms with Crippen LogP contribution in [0.2, 0.25) is 0 Å². The van der Waals surface area contributed by atoms with Crippen LogP contribution in [-0.2, 0) is 6.54 Å². The second-order valence-electron chi connectivity index (χ2n) is 6.91. The molecule has 3 nitrogen and oxygen atoms in total. The summed E-state index contributed by atoms with van der Waals surface area (Å²) in [5.41, 5.74) is 2.29. The van der Waals surface area contributed by atoms with E-state index in [9.17, 15) is 4.39 Å². The fourth-order valence-corrected chi connectivity index (χ4v) is 4.01. The number of likely N-dealkylation sites (tertiary alicyclic amines) is 1. The van der Waals surface area contributed by atoms with E-state index in [1.807, 2.05) is 6.07 Å². The molecule has 1 aliphatic rings. The number of ether oxygens (including phenoxy) is 1. The van der Waals surface area contributed by atoms with Crippen molar-refractivity contribution in [2.24, 2.45) is 0 Å². The molecule has 0 spiro atoms. The van der Waals surface area contributed by atoms with Gasteiger partial charge in [0.15, 0.2) is 0 Å².